The van der Waals surface area contributed by atoms with Gasteiger partial charge < -0.3 is 15.1 Å². The van der Waals surface area contributed by atoms with Gasteiger partial charge in [-0.1, -0.05) is 30.3 Å². The van der Waals surface area contributed by atoms with Gasteiger partial charge in [-0.15, -0.1) is 24.0 Å². The monoisotopic (exact) mass is 465 g/mol. The summed E-state index contributed by atoms with van der Waals surface area (Å²) in [6.45, 7) is 4.79. The van der Waals surface area contributed by atoms with E-state index in [-0.39, 0.29) is 24.0 Å². The van der Waals surface area contributed by atoms with Gasteiger partial charge >= 0.3 is 0 Å². The van der Waals surface area contributed by atoms with Crippen LogP contribution in [0.25, 0.3) is 0 Å². The fourth-order valence-electron chi connectivity index (χ4n) is 2.44. The van der Waals surface area contributed by atoms with Crippen molar-refractivity contribution in [3.8, 4) is 0 Å². The van der Waals surface area contributed by atoms with Crippen molar-refractivity contribution in [1.29, 1.82) is 0 Å². The Balaban J connectivity index is 0.00000243. The number of furan rings is 1. The van der Waals surface area contributed by atoms with Crippen molar-refractivity contribution in [3.05, 3.63) is 78.0 Å². The summed E-state index contributed by atoms with van der Waals surface area (Å²) in [5.41, 5.74) is 2.31. The topological polar surface area (TPSA) is 67.4 Å². The van der Waals surface area contributed by atoms with Gasteiger partial charge in [0.1, 0.15) is 5.76 Å². The zero-order chi connectivity index (χ0) is 17.3. The summed E-state index contributed by atoms with van der Waals surface area (Å²) in [6.07, 6.45) is 5.57. The van der Waals surface area contributed by atoms with Crippen LogP contribution in [-0.2, 0) is 19.6 Å². The normalized spacial score (nSPS) is 11.0. The second-order valence-electron chi connectivity index (χ2n) is 5.66. The van der Waals surface area contributed by atoms with Crippen molar-refractivity contribution in [3.63, 3.8) is 0 Å². The van der Waals surface area contributed by atoms with Crippen LogP contribution in [0.2, 0.25) is 0 Å². The first-order chi connectivity index (χ1) is 12.3. The maximum Gasteiger partial charge on any atom is 0.191 e. The van der Waals surface area contributed by atoms with Crippen LogP contribution in [0.4, 0.5) is 0 Å². The molecule has 0 aliphatic heterocycles. The molecule has 2 aromatic heterocycles. The molecule has 138 valence electrons. The number of hydrogen-bond acceptors (Lipinski definition) is 3. The number of hydrogen-bond donors (Lipinski definition) is 2. The lowest BCUT2D eigenvalue weighted by atomic mass is 10.2. The van der Waals surface area contributed by atoms with Crippen molar-refractivity contribution in [1.82, 2.24) is 20.4 Å². The summed E-state index contributed by atoms with van der Waals surface area (Å²) in [4.78, 5) is 4.60. The number of halogens is 1. The van der Waals surface area contributed by atoms with Crippen molar-refractivity contribution < 1.29 is 4.42 Å². The highest BCUT2D eigenvalue weighted by molar-refractivity contribution is 14.0. The molecule has 0 amide bonds. The first-order valence-corrected chi connectivity index (χ1v) is 8.43. The van der Waals surface area contributed by atoms with E-state index >= 15 is 0 Å². The molecule has 3 aromatic rings. The minimum atomic E-state index is 0. The second-order valence-corrected chi connectivity index (χ2v) is 5.66. The summed E-state index contributed by atoms with van der Waals surface area (Å²) in [6, 6.07) is 14.1. The van der Waals surface area contributed by atoms with E-state index in [1.54, 1.807) is 6.26 Å². The van der Waals surface area contributed by atoms with Crippen LogP contribution in [0.5, 0.6) is 0 Å². The van der Waals surface area contributed by atoms with E-state index in [4.69, 9.17) is 4.42 Å². The third-order valence-corrected chi connectivity index (χ3v) is 3.65. The van der Waals surface area contributed by atoms with Crippen LogP contribution in [0.15, 0.2) is 70.5 Å². The standard InChI is InChI=1S/C19H23N5O.HI/c1-2-20-19(22-13-18-9-6-10-25-18)21-11-17-12-23-24(15-17)14-16-7-4-3-5-8-16;/h3-10,12,15H,2,11,13-14H2,1H3,(H2,20,21,22);1H. The highest BCUT2D eigenvalue weighted by atomic mass is 127. The lowest BCUT2D eigenvalue weighted by molar-refractivity contribution is 0.501. The molecule has 0 fully saturated rings. The van der Waals surface area contributed by atoms with Crippen LogP contribution in [0.1, 0.15) is 23.8 Å². The van der Waals surface area contributed by atoms with Crippen molar-refractivity contribution in [2.75, 3.05) is 6.54 Å². The summed E-state index contributed by atoms with van der Waals surface area (Å²) >= 11 is 0. The molecular weight excluding hydrogens is 441 g/mol. The lowest BCUT2D eigenvalue weighted by Gasteiger charge is -2.09. The third kappa shape index (κ3) is 6.21. The molecule has 0 aliphatic rings. The molecule has 3 rings (SSSR count). The molecule has 7 heteroatoms. The van der Waals surface area contributed by atoms with Crippen LogP contribution >= 0.6 is 24.0 Å². The minimum Gasteiger partial charge on any atom is -0.467 e. The molecule has 0 atom stereocenters. The minimum absolute atomic E-state index is 0. The average molecular weight is 465 g/mol. The Morgan fingerprint density at radius 2 is 1.96 bits per heavy atom. The molecule has 6 nitrogen and oxygen atoms in total. The quantitative estimate of drug-likeness (QED) is 0.319. The Kier molecular flexibility index (Phi) is 8.20. The molecular formula is C19H24IN5O. The van der Waals surface area contributed by atoms with Gasteiger partial charge in [0.15, 0.2) is 5.96 Å². The predicted molar refractivity (Wildman–Crippen MR) is 114 cm³/mol. The van der Waals surface area contributed by atoms with Crippen LogP contribution in [0.3, 0.4) is 0 Å². The zero-order valence-electron chi connectivity index (χ0n) is 14.8. The van der Waals surface area contributed by atoms with Gasteiger partial charge in [0.2, 0.25) is 0 Å². The molecule has 1 aromatic carbocycles. The van der Waals surface area contributed by atoms with E-state index in [1.807, 2.05) is 54.3 Å². The molecule has 0 unspecified atom stereocenters. The van der Waals surface area contributed by atoms with Crippen LogP contribution in [-0.4, -0.2) is 22.3 Å². The van der Waals surface area contributed by atoms with Gasteiger partial charge in [0.25, 0.3) is 0 Å². The van der Waals surface area contributed by atoms with Crippen LogP contribution < -0.4 is 10.6 Å². The number of guanidine groups is 1. The van der Waals surface area contributed by atoms with Crippen molar-refractivity contribution in [2.24, 2.45) is 4.99 Å². The molecule has 0 radical (unpaired) electrons. The molecule has 2 N–H and O–H groups in total. The largest absolute Gasteiger partial charge is 0.467 e. The van der Waals surface area contributed by atoms with E-state index in [0.29, 0.717) is 13.1 Å². The highest BCUT2D eigenvalue weighted by Crippen LogP contribution is 2.05. The smallest absolute Gasteiger partial charge is 0.191 e. The molecule has 26 heavy (non-hydrogen) atoms. The maximum absolute atomic E-state index is 5.33. The van der Waals surface area contributed by atoms with Gasteiger partial charge in [-0.25, -0.2) is 4.99 Å². The highest BCUT2D eigenvalue weighted by Gasteiger charge is 2.02. The summed E-state index contributed by atoms with van der Waals surface area (Å²) < 4.78 is 7.26. The Hall–Kier alpha value is -2.29. The van der Waals surface area contributed by atoms with E-state index in [2.05, 4.69) is 32.9 Å². The molecule has 0 spiro atoms. The van der Waals surface area contributed by atoms with Gasteiger partial charge in [-0.3, -0.25) is 4.68 Å². The van der Waals surface area contributed by atoms with Gasteiger partial charge in [-0.2, -0.15) is 5.10 Å². The van der Waals surface area contributed by atoms with Crippen molar-refractivity contribution in [2.45, 2.75) is 26.6 Å². The van der Waals surface area contributed by atoms with E-state index in [1.165, 1.54) is 5.56 Å². The number of aromatic nitrogens is 2. The number of aliphatic imine (C=N–C) groups is 1. The Morgan fingerprint density at radius 3 is 2.69 bits per heavy atom. The van der Waals surface area contributed by atoms with E-state index in [9.17, 15) is 0 Å². The molecule has 0 aliphatic carbocycles. The first kappa shape index (κ1) is 20.0. The third-order valence-electron chi connectivity index (χ3n) is 3.65. The molecule has 0 bridgehead atoms. The SMILES string of the molecule is CCNC(=NCc1cnn(Cc2ccccc2)c1)NCc1ccco1.I. The number of nitrogens with zero attached hydrogens (tertiary/aromatic N) is 3. The number of nitrogens with one attached hydrogen (secondary N) is 2. The van der Waals surface area contributed by atoms with Crippen molar-refractivity contribution >= 4 is 29.9 Å². The molecule has 2 heterocycles. The van der Waals surface area contributed by atoms with Gasteiger partial charge in [-0.05, 0) is 24.6 Å². The molecule has 0 saturated heterocycles. The fraction of sp³-hybridized carbons (Fsp3) is 0.263. The summed E-state index contributed by atoms with van der Waals surface area (Å²) in [7, 11) is 0. The Labute approximate surface area is 170 Å². The summed E-state index contributed by atoms with van der Waals surface area (Å²) in [5, 5.41) is 10.9. The number of benzene rings is 1. The fourth-order valence-corrected chi connectivity index (χ4v) is 2.44. The first-order valence-electron chi connectivity index (χ1n) is 8.43. The van der Waals surface area contributed by atoms with E-state index < -0.39 is 0 Å². The average Bonchev–Trinajstić information content (AvgIpc) is 3.30. The molecule has 0 saturated carbocycles. The predicted octanol–water partition coefficient (Wildman–Crippen LogP) is 3.40. The lowest BCUT2D eigenvalue weighted by Crippen LogP contribution is -2.36. The Morgan fingerprint density at radius 1 is 1.12 bits per heavy atom. The van der Waals surface area contributed by atoms with Gasteiger partial charge in [0, 0.05) is 18.3 Å². The maximum atomic E-state index is 5.33. The van der Waals surface area contributed by atoms with E-state index in [0.717, 1.165) is 30.4 Å². The van der Waals surface area contributed by atoms with Crippen LogP contribution in [0, 0.1) is 0 Å². The Bertz CT molecular complexity index is 783. The second kappa shape index (κ2) is 10.6. The van der Waals surface area contributed by atoms with Gasteiger partial charge in [0.05, 0.1) is 32.1 Å². The number of rotatable bonds is 7. The summed E-state index contributed by atoms with van der Waals surface area (Å²) in [5.74, 6) is 1.64. The zero-order valence-corrected chi connectivity index (χ0v) is 17.1.